The Kier molecular flexibility index (Phi) is 7.52. The lowest BCUT2D eigenvalue weighted by atomic mass is 10.0. The van der Waals surface area contributed by atoms with Crippen molar-refractivity contribution in [2.24, 2.45) is 0 Å². The smallest absolute Gasteiger partial charge is 0.258 e. The number of amides is 2. The van der Waals surface area contributed by atoms with Crippen molar-refractivity contribution in [3.63, 3.8) is 0 Å². The van der Waals surface area contributed by atoms with E-state index in [1.807, 2.05) is 31.2 Å². The first-order valence-corrected chi connectivity index (χ1v) is 12.0. The Morgan fingerprint density at radius 2 is 2.06 bits per heavy atom. The minimum atomic E-state index is -0.433. The zero-order chi connectivity index (χ0) is 24.1. The second-order valence-corrected chi connectivity index (χ2v) is 8.53. The number of aromatic amines is 1. The average Bonchev–Trinajstić information content (AvgIpc) is 3.25. The van der Waals surface area contributed by atoms with Crippen molar-refractivity contribution in [2.45, 2.75) is 39.8 Å². The Hall–Kier alpha value is -3.33. The molecule has 1 atom stereocenters. The number of fused-ring (bicyclic) bond motifs is 1. The number of morpholine rings is 1. The number of anilines is 1. The second kappa shape index (κ2) is 10.7. The summed E-state index contributed by atoms with van der Waals surface area (Å²) in [6.07, 6.45) is 4.72. The van der Waals surface area contributed by atoms with E-state index in [9.17, 15) is 9.59 Å². The number of hydrogen-bond acceptors (Lipinski definition) is 6. The first-order chi connectivity index (χ1) is 16.5. The molecule has 0 spiro atoms. The van der Waals surface area contributed by atoms with E-state index in [-0.39, 0.29) is 11.8 Å². The van der Waals surface area contributed by atoms with E-state index < -0.39 is 6.17 Å². The molecule has 1 aromatic heterocycles. The lowest BCUT2D eigenvalue weighted by Crippen LogP contribution is -2.47. The number of rotatable bonds is 8. The molecule has 4 rings (SSSR count). The van der Waals surface area contributed by atoms with E-state index in [1.165, 1.54) is 0 Å². The van der Waals surface area contributed by atoms with E-state index in [0.29, 0.717) is 56.6 Å². The summed E-state index contributed by atoms with van der Waals surface area (Å²) in [5.74, 6) is 1.16. The third kappa shape index (κ3) is 4.94. The topological polar surface area (TPSA) is 99.8 Å². The molecule has 0 saturated carbocycles. The van der Waals surface area contributed by atoms with Gasteiger partial charge < -0.3 is 24.6 Å². The predicted octanol–water partition coefficient (Wildman–Crippen LogP) is 3.04. The van der Waals surface area contributed by atoms with E-state index >= 15 is 0 Å². The molecule has 1 saturated heterocycles. The number of H-pyrrole nitrogens is 1. The average molecular weight is 468 g/mol. The highest BCUT2D eigenvalue weighted by Gasteiger charge is 2.36. The first-order valence-electron chi connectivity index (χ1n) is 12.0. The summed E-state index contributed by atoms with van der Waals surface area (Å²) in [6.45, 7) is 9.61. The van der Waals surface area contributed by atoms with Crippen molar-refractivity contribution in [1.82, 2.24) is 20.4 Å². The van der Waals surface area contributed by atoms with E-state index in [1.54, 1.807) is 11.0 Å². The predicted molar refractivity (Wildman–Crippen MR) is 130 cm³/mol. The minimum absolute atomic E-state index is 0.0358. The van der Waals surface area contributed by atoms with Crippen LogP contribution in [0, 0.1) is 6.92 Å². The van der Waals surface area contributed by atoms with Crippen LogP contribution in [0.3, 0.4) is 0 Å². The Balaban J connectivity index is 1.67. The van der Waals surface area contributed by atoms with Crippen LogP contribution in [0.2, 0.25) is 0 Å². The maximum absolute atomic E-state index is 13.0. The summed E-state index contributed by atoms with van der Waals surface area (Å²) < 4.78 is 11.4. The van der Waals surface area contributed by atoms with Gasteiger partial charge in [-0.25, -0.2) is 0 Å². The standard InChI is InChI=1S/C25H33N5O4/c1-4-10-30-23(26-25(32)22-17(3)27-28-24(22)30)19-16-18(6-8-20(19)34-13-5-2)7-9-21(31)29-11-14-33-15-12-29/h6-9,16,23H,4-5,10-15H2,1-3H3,(H,26,32)(H,27,28). The van der Waals surface area contributed by atoms with Crippen molar-refractivity contribution < 1.29 is 19.1 Å². The van der Waals surface area contributed by atoms with Crippen LogP contribution in [0.15, 0.2) is 24.3 Å². The lowest BCUT2D eigenvalue weighted by Gasteiger charge is -2.37. The highest BCUT2D eigenvalue weighted by molar-refractivity contribution is 6.02. The third-order valence-corrected chi connectivity index (χ3v) is 6.00. The number of hydrogen-bond donors (Lipinski definition) is 2. The fourth-order valence-corrected chi connectivity index (χ4v) is 4.30. The number of ether oxygens (including phenoxy) is 2. The molecule has 1 fully saturated rings. The molecule has 182 valence electrons. The lowest BCUT2D eigenvalue weighted by molar-refractivity contribution is -0.129. The Morgan fingerprint density at radius 3 is 2.79 bits per heavy atom. The summed E-state index contributed by atoms with van der Waals surface area (Å²) >= 11 is 0. The van der Waals surface area contributed by atoms with Gasteiger partial charge in [-0.15, -0.1) is 0 Å². The van der Waals surface area contributed by atoms with Crippen LogP contribution in [-0.2, 0) is 9.53 Å². The molecule has 2 aliphatic heterocycles. The molecule has 2 N–H and O–H groups in total. The van der Waals surface area contributed by atoms with E-state index in [0.717, 1.165) is 29.7 Å². The summed E-state index contributed by atoms with van der Waals surface area (Å²) in [6, 6.07) is 5.81. The van der Waals surface area contributed by atoms with Crippen LogP contribution >= 0.6 is 0 Å². The maximum Gasteiger partial charge on any atom is 0.258 e. The quantitative estimate of drug-likeness (QED) is 0.579. The van der Waals surface area contributed by atoms with Crippen LogP contribution in [0.1, 0.15) is 60.0 Å². The van der Waals surface area contributed by atoms with Gasteiger partial charge in [0.2, 0.25) is 5.91 Å². The Labute approximate surface area is 200 Å². The van der Waals surface area contributed by atoms with Crippen LogP contribution in [0.5, 0.6) is 5.75 Å². The maximum atomic E-state index is 13.0. The van der Waals surface area contributed by atoms with Gasteiger partial charge in [-0.1, -0.05) is 19.9 Å². The molecule has 0 radical (unpaired) electrons. The number of aromatic nitrogens is 2. The van der Waals surface area contributed by atoms with Gasteiger partial charge in [0.1, 0.15) is 17.5 Å². The summed E-state index contributed by atoms with van der Waals surface area (Å²) in [7, 11) is 0. The molecule has 9 heteroatoms. The number of benzene rings is 1. The molecule has 0 bridgehead atoms. The molecular formula is C25H33N5O4. The van der Waals surface area contributed by atoms with Crippen LogP contribution in [-0.4, -0.2) is 66.4 Å². The van der Waals surface area contributed by atoms with Crippen molar-refractivity contribution in [2.75, 3.05) is 44.4 Å². The largest absolute Gasteiger partial charge is 0.493 e. The zero-order valence-corrected chi connectivity index (χ0v) is 20.1. The zero-order valence-electron chi connectivity index (χ0n) is 20.1. The van der Waals surface area contributed by atoms with Gasteiger partial charge in [-0.05, 0) is 43.5 Å². The highest BCUT2D eigenvalue weighted by Crippen LogP contribution is 2.37. The minimum Gasteiger partial charge on any atom is -0.493 e. The van der Waals surface area contributed by atoms with Crippen molar-refractivity contribution >= 4 is 23.7 Å². The molecule has 1 aromatic carbocycles. The van der Waals surface area contributed by atoms with Gasteiger partial charge in [0.15, 0.2) is 5.82 Å². The monoisotopic (exact) mass is 467 g/mol. The van der Waals surface area contributed by atoms with Crippen molar-refractivity contribution in [3.05, 3.63) is 46.7 Å². The Morgan fingerprint density at radius 1 is 1.26 bits per heavy atom. The first kappa shape index (κ1) is 23.8. The number of carbonyl (C=O) groups excluding carboxylic acids is 2. The SMILES string of the molecule is CCCOc1ccc(C=CC(=O)N2CCOCC2)cc1C1NC(=O)c2c(n[nH]c2C)N1CCC. The van der Waals surface area contributed by atoms with E-state index in [2.05, 4.69) is 34.3 Å². The summed E-state index contributed by atoms with van der Waals surface area (Å²) in [5, 5.41) is 10.5. The fraction of sp³-hybridized carbons (Fsp3) is 0.480. The fourth-order valence-electron chi connectivity index (χ4n) is 4.30. The highest BCUT2D eigenvalue weighted by atomic mass is 16.5. The molecule has 2 aromatic rings. The van der Waals surface area contributed by atoms with E-state index in [4.69, 9.17) is 9.47 Å². The van der Waals surface area contributed by atoms with Crippen LogP contribution < -0.4 is 15.0 Å². The molecule has 9 nitrogen and oxygen atoms in total. The normalized spacial score (nSPS) is 18.2. The number of carbonyl (C=O) groups is 2. The molecule has 1 unspecified atom stereocenters. The van der Waals surface area contributed by atoms with Gasteiger partial charge >= 0.3 is 0 Å². The molecule has 3 heterocycles. The number of aryl methyl sites for hydroxylation is 1. The molecule has 0 aliphatic carbocycles. The third-order valence-electron chi connectivity index (χ3n) is 6.00. The number of nitrogens with zero attached hydrogens (tertiary/aromatic N) is 3. The summed E-state index contributed by atoms with van der Waals surface area (Å²) in [4.78, 5) is 29.4. The Bertz CT molecular complexity index is 1060. The van der Waals surface area contributed by atoms with Gasteiger partial charge in [0.05, 0.1) is 19.8 Å². The van der Waals surface area contributed by atoms with Gasteiger partial charge in [0, 0.05) is 37.0 Å². The number of nitrogens with one attached hydrogen (secondary N) is 2. The van der Waals surface area contributed by atoms with Crippen molar-refractivity contribution in [3.8, 4) is 5.75 Å². The molecule has 2 amide bonds. The van der Waals surface area contributed by atoms with Gasteiger partial charge in [0.25, 0.3) is 5.91 Å². The van der Waals surface area contributed by atoms with Crippen molar-refractivity contribution in [1.29, 1.82) is 0 Å². The molecular weight excluding hydrogens is 434 g/mol. The molecule has 2 aliphatic rings. The van der Waals surface area contributed by atoms with Crippen LogP contribution in [0.25, 0.3) is 6.08 Å². The van der Waals surface area contributed by atoms with Crippen LogP contribution in [0.4, 0.5) is 5.82 Å². The summed E-state index contributed by atoms with van der Waals surface area (Å²) in [5.41, 5.74) is 3.01. The molecule has 34 heavy (non-hydrogen) atoms. The van der Waals surface area contributed by atoms with Gasteiger partial charge in [-0.3, -0.25) is 14.7 Å². The second-order valence-electron chi connectivity index (χ2n) is 8.53. The van der Waals surface area contributed by atoms with Gasteiger partial charge in [-0.2, -0.15) is 5.10 Å².